The van der Waals surface area contributed by atoms with Gasteiger partial charge in [-0.1, -0.05) is 30.3 Å². The molecule has 116 valence electrons. The summed E-state index contributed by atoms with van der Waals surface area (Å²) in [4.78, 5) is 8.65. The van der Waals surface area contributed by atoms with E-state index in [1.807, 2.05) is 6.07 Å². The van der Waals surface area contributed by atoms with E-state index in [1.165, 1.54) is 5.56 Å². The molecule has 1 fully saturated rings. The van der Waals surface area contributed by atoms with E-state index < -0.39 is 0 Å². The van der Waals surface area contributed by atoms with Gasteiger partial charge in [0.05, 0.1) is 13.2 Å². The van der Waals surface area contributed by atoms with Gasteiger partial charge in [-0.15, -0.1) is 0 Å². The van der Waals surface area contributed by atoms with Crippen molar-refractivity contribution in [3.05, 3.63) is 48.2 Å². The summed E-state index contributed by atoms with van der Waals surface area (Å²) in [7, 11) is 1.61. The normalized spacial score (nSPS) is 18.9. The molecule has 0 saturated carbocycles. The molecule has 5 nitrogen and oxygen atoms in total. The second-order valence-corrected chi connectivity index (χ2v) is 5.50. The van der Waals surface area contributed by atoms with Gasteiger partial charge in [-0.3, -0.25) is 0 Å². The van der Waals surface area contributed by atoms with Crippen LogP contribution in [0.1, 0.15) is 24.4 Å². The smallest absolute Gasteiger partial charge is 0.226 e. The Morgan fingerprint density at radius 1 is 1.32 bits per heavy atom. The van der Waals surface area contributed by atoms with Crippen LogP contribution < -0.4 is 10.1 Å². The Morgan fingerprint density at radius 2 is 2.18 bits per heavy atom. The first-order valence-electron chi connectivity index (χ1n) is 7.61. The number of aromatic nitrogens is 2. The van der Waals surface area contributed by atoms with Crippen LogP contribution in [0.4, 0.5) is 5.95 Å². The number of rotatable bonds is 6. The highest BCUT2D eigenvalue weighted by molar-refractivity contribution is 5.33. The quantitative estimate of drug-likeness (QED) is 0.888. The lowest BCUT2D eigenvalue weighted by Gasteiger charge is -2.22. The number of methoxy groups -OCH3 is 1. The number of benzene rings is 1. The standard InChI is InChI=1S/C17H21N3O2/c1-21-16-7-9-18-17(20-16)19-15(11-13-8-10-22-12-13)14-5-3-2-4-6-14/h2-7,9,13,15H,8,10-12H2,1H3,(H,18,19,20). The fourth-order valence-corrected chi connectivity index (χ4v) is 2.75. The Balaban J connectivity index is 1.77. The van der Waals surface area contributed by atoms with Crippen molar-refractivity contribution in [1.82, 2.24) is 9.97 Å². The molecule has 1 saturated heterocycles. The number of nitrogens with zero attached hydrogens (tertiary/aromatic N) is 2. The molecule has 2 unspecified atom stereocenters. The van der Waals surface area contributed by atoms with Gasteiger partial charge in [0.15, 0.2) is 0 Å². The second-order valence-electron chi connectivity index (χ2n) is 5.50. The van der Waals surface area contributed by atoms with Crippen LogP contribution in [0.2, 0.25) is 0 Å². The van der Waals surface area contributed by atoms with Crippen molar-refractivity contribution in [1.29, 1.82) is 0 Å². The summed E-state index contributed by atoms with van der Waals surface area (Å²) in [5.41, 5.74) is 1.24. The molecular weight excluding hydrogens is 278 g/mol. The predicted molar refractivity (Wildman–Crippen MR) is 84.9 cm³/mol. The minimum Gasteiger partial charge on any atom is -0.481 e. The van der Waals surface area contributed by atoms with Crippen molar-refractivity contribution in [3.63, 3.8) is 0 Å². The van der Waals surface area contributed by atoms with E-state index in [0.717, 1.165) is 26.1 Å². The summed E-state index contributed by atoms with van der Waals surface area (Å²) < 4.78 is 10.7. The lowest BCUT2D eigenvalue weighted by Crippen LogP contribution is -2.17. The van der Waals surface area contributed by atoms with E-state index >= 15 is 0 Å². The predicted octanol–water partition coefficient (Wildman–Crippen LogP) is 3.07. The Morgan fingerprint density at radius 3 is 2.91 bits per heavy atom. The molecule has 1 aromatic carbocycles. The maximum atomic E-state index is 5.50. The van der Waals surface area contributed by atoms with Crippen molar-refractivity contribution in [2.45, 2.75) is 18.9 Å². The first kappa shape index (κ1) is 14.8. The monoisotopic (exact) mass is 299 g/mol. The zero-order chi connectivity index (χ0) is 15.2. The van der Waals surface area contributed by atoms with Crippen molar-refractivity contribution in [3.8, 4) is 5.88 Å². The molecule has 3 rings (SSSR count). The van der Waals surface area contributed by atoms with Crippen LogP contribution in [0.25, 0.3) is 0 Å². The summed E-state index contributed by atoms with van der Waals surface area (Å²) in [5.74, 6) is 1.73. The van der Waals surface area contributed by atoms with Gasteiger partial charge in [-0.25, -0.2) is 4.98 Å². The Kier molecular flexibility index (Phi) is 4.85. The maximum absolute atomic E-state index is 5.50. The number of ether oxygens (including phenoxy) is 2. The minimum absolute atomic E-state index is 0.167. The first-order valence-corrected chi connectivity index (χ1v) is 7.61. The molecular formula is C17H21N3O2. The number of anilines is 1. The average molecular weight is 299 g/mol. The highest BCUT2D eigenvalue weighted by atomic mass is 16.5. The molecule has 0 spiro atoms. The van der Waals surface area contributed by atoms with Gasteiger partial charge in [0, 0.05) is 25.5 Å². The largest absolute Gasteiger partial charge is 0.481 e. The summed E-state index contributed by atoms with van der Waals surface area (Å²) in [6, 6.07) is 12.3. The van der Waals surface area contributed by atoms with Gasteiger partial charge < -0.3 is 14.8 Å². The molecule has 5 heteroatoms. The molecule has 2 heterocycles. The van der Waals surface area contributed by atoms with Gasteiger partial charge in [-0.2, -0.15) is 4.98 Å². The zero-order valence-electron chi connectivity index (χ0n) is 12.7. The van der Waals surface area contributed by atoms with E-state index in [9.17, 15) is 0 Å². The Hall–Kier alpha value is -2.14. The van der Waals surface area contributed by atoms with Crippen molar-refractivity contribution >= 4 is 5.95 Å². The second kappa shape index (κ2) is 7.22. The molecule has 22 heavy (non-hydrogen) atoms. The summed E-state index contributed by atoms with van der Waals surface area (Å²) in [6.07, 6.45) is 3.82. The Bertz CT molecular complexity index is 585. The summed E-state index contributed by atoms with van der Waals surface area (Å²) in [5, 5.41) is 3.44. The van der Waals surface area contributed by atoms with E-state index in [-0.39, 0.29) is 6.04 Å². The summed E-state index contributed by atoms with van der Waals surface area (Å²) in [6.45, 7) is 1.70. The summed E-state index contributed by atoms with van der Waals surface area (Å²) >= 11 is 0. The Labute approximate surface area is 130 Å². The van der Waals surface area contributed by atoms with Gasteiger partial charge in [-0.05, 0) is 24.3 Å². The average Bonchev–Trinajstić information content (AvgIpc) is 3.08. The molecule has 2 atom stereocenters. The van der Waals surface area contributed by atoms with Crippen LogP contribution in [-0.4, -0.2) is 30.3 Å². The third-order valence-corrected chi connectivity index (χ3v) is 3.94. The third kappa shape index (κ3) is 3.74. The van der Waals surface area contributed by atoms with Crippen LogP contribution in [0.5, 0.6) is 5.88 Å². The highest BCUT2D eigenvalue weighted by Gasteiger charge is 2.22. The maximum Gasteiger partial charge on any atom is 0.226 e. The molecule has 1 aromatic heterocycles. The van der Waals surface area contributed by atoms with Crippen LogP contribution in [-0.2, 0) is 4.74 Å². The van der Waals surface area contributed by atoms with Crippen LogP contribution in [0.3, 0.4) is 0 Å². The molecule has 1 N–H and O–H groups in total. The van der Waals surface area contributed by atoms with Crippen molar-refractivity contribution in [2.75, 3.05) is 25.6 Å². The van der Waals surface area contributed by atoms with Crippen LogP contribution in [0.15, 0.2) is 42.6 Å². The van der Waals surface area contributed by atoms with Crippen LogP contribution in [0, 0.1) is 5.92 Å². The van der Waals surface area contributed by atoms with Gasteiger partial charge >= 0.3 is 0 Å². The highest BCUT2D eigenvalue weighted by Crippen LogP contribution is 2.29. The van der Waals surface area contributed by atoms with Gasteiger partial charge in [0.25, 0.3) is 0 Å². The van der Waals surface area contributed by atoms with Gasteiger partial charge in [0.2, 0.25) is 11.8 Å². The fourth-order valence-electron chi connectivity index (χ4n) is 2.75. The number of hydrogen-bond acceptors (Lipinski definition) is 5. The molecule has 2 aromatic rings. The minimum atomic E-state index is 0.167. The molecule has 0 amide bonds. The van der Waals surface area contributed by atoms with E-state index in [2.05, 4.69) is 39.6 Å². The topological polar surface area (TPSA) is 56.3 Å². The number of nitrogens with one attached hydrogen (secondary N) is 1. The van der Waals surface area contributed by atoms with E-state index in [1.54, 1.807) is 19.4 Å². The van der Waals surface area contributed by atoms with Crippen molar-refractivity contribution in [2.24, 2.45) is 5.92 Å². The lowest BCUT2D eigenvalue weighted by atomic mass is 9.94. The van der Waals surface area contributed by atoms with Crippen LogP contribution >= 0.6 is 0 Å². The van der Waals surface area contributed by atoms with E-state index in [0.29, 0.717) is 17.7 Å². The zero-order valence-corrected chi connectivity index (χ0v) is 12.7. The number of hydrogen-bond donors (Lipinski definition) is 1. The molecule has 0 aliphatic carbocycles. The van der Waals surface area contributed by atoms with Crippen molar-refractivity contribution < 1.29 is 9.47 Å². The molecule has 0 radical (unpaired) electrons. The SMILES string of the molecule is COc1ccnc(NC(CC2CCOC2)c2ccccc2)n1. The third-order valence-electron chi connectivity index (χ3n) is 3.94. The van der Waals surface area contributed by atoms with Gasteiger partial charge in [0.1, 0.15) is 0 Å². The molecule has 0 bridgehead atoms. The van der Waals surface area contributed by atoms with E-state index in [4.69, 9.17) is 9.47 Å². The molecule has 1 aliphatic rings. The molecule has 1 aliphatic heterocycles. The fraction of sp³-hybridized carbons (Fsp3) is 0.412. The lowest BCUT2D eigenvalue weighted by molar-refractivity contribution is 0.183. The first-order chi connectivity index (χ1) is 10.8.